The number of hydrogen-bond donors (Lipinski definition) is 0. The molecule has 0 N–H and O–H groups in total. The van der Waals surface area contributed by atoms with E-state index in [9.17, 15) is 4.39 Å². The van der Waals surface area contributed by atoms with Crippen molar-refractivity contribution in [2.24, 2.45) is 0 Å². The van der Waals surface area contributed by atoms with Gasteiger partial charge in [0.2, 0.25) is 0 Å². The lowest BCUT2D eigenvalue weighted by molar-refractivity contribution is 0.000774. The van der Waals surface area contributed by atoms with Crippen LogP contribution in [0.3, 0.4) is 0 Å². The summed E-state index contributed by atoms with van der Waals surface area (Å²) in [6.45, 7) is 3.53. The molecule has 0 spiro atoms. The smallest absolute Gasteiger partial charge is 0.137 e. The van der Waals surface area contributed by atoms with Crippen molar-refractivity contribution in [3.8, 4) is 0 Å². The van der Waals surface area contributed by atoms with Crippen molar-refractivity contribution in [2.45, 2.75) is 6.61 Å². The van der Waals surface area contributed by atoms with Crippen LogP contribution in [0, 0.1) is 5.82 Å². The molecular formula is C14H20BrFO4. The zero-order valence-electron chi connectivity index (χ0n) is 11.6. The summed E-state index contributed by atoms with van der Waals surface area (Å²) in [7, 11) is 1.63. The fraction of sp³-hybridized carbons (Fsp3) is 0.571. The van der Waals surface area contributed by atoms with Gasteiger partial charge in [-0.15, -0.1) is 0 Å². The molecule has 114 valence electrons. The van der Waals surface area contributed by atoms with E-state index in [0.29, 0.717) is 50.7 Å². The highest BCUT2D eigenvalue weighted by atomic mass is 79.9. The summed E-state index contributed by atoms with van der Waals surface area (Å²) in [5, 5.41) is 0. The van der Waals surface area contributed by atoms with Gasteiger partial charge >= 0.3 is 0 Å². The summed E-state index contributed by atoms with van der Waals surface area (Å²) in [6, 6.07) is 4.88. The number of hydrogen-bond acceptors (Lipinski definition) is 4. The Balaban J connectivity index is 1.98. The molecule has 0 fully saturated rings. The molecule has 1 rings (SSSR count). The van der Waals surface area contributed by atoms with Gasteiger partial charge in [-0.05, 0) is 27.6 Å². The topological polar surface area (TPSA) is 36.9 Å². The molecule has 4 nitrogen and oxygen atoms in total. The first-order valence-corrected chi connectivity index (χ1v) is 7.20. The molecule has 0 heterocycles. The summed E-state index contributed by atoms with van der Waals surface area (Å²) < 4.78 is 34.5. The van der Waals surface area contributed by atoms with Gasteiger partial charge in [0.15, 0.2) is 0 Å². The molecule has 0 atom stereocenters. The van der Waals surface area contributed by atoms with E-state index in [1.807, 2.05) is 6.07 Å². The predicted octanol–water partition coefficient (Wildman–Crippen LogP) is 2.78. The third-order valence-corrected chi connectivity index (χ3v) is 3.35. The van der Waals surface area contributed by atoms with Crippen molar-refractivity contribution in [1.29, 1.82) is 0 Å². The molecule has 6 heteroatoms. The number of benzene rings is 1. The summed E-state index contributed by atoms with van der Waals surface area (Å²) in [5.41, 5.74) is 0.785. The molecule has 0 aliphatic carbocycles. The molecule has 0 radical (unpaired) electrons. The first-order chi connectivity index (χ1) is 9.75. The van der Waals surface area contributed by atoms with Crippen LogP contribution in [0.2, 0.25) is 0 Å². The molecule has 1 aromatic rings. The van der Waals surface area contributed by atoms with E-state index in [2.05, 4.69) is 15.9 Å². The maximum Gasteiger partial charge on any atom is 0.137 e. The number of methoxy groups -OCH3 is 1. The molecular weight excluding hydrogens is 331 g/mol. The minimum Gasteiger partial charge on any atom is -0.382 e. The Morgan fingerprint density at radius 1 is 0.950 bits per heavy atom. The molecule has 0 bridgehead atoms. The second-order valence-corrected chi connectivity index (χ2v) is 4.78. The Morgan fingerprint density at radius 3 is 2.20 bits per heavy atom. The highest BCUT2D eigenvalue weighted by Gasteiger charge is 2.04. The van der Waals surface area contributed by atoms with Crippen molar-refractivity contribution >= 4 is 15.9 Å². The minimum absolute atomic E-state index is 0.282. The molecule has 1 aromatic carbocycles. The number of rotatable bonds is 11. The van der Waals surface area contributed by atoms with E-state index in [1.54, 1.807) is 13.2 Å². The fourth-order valence-electron chi connectivity index (χ4n) is 1.42. The Morgan fingerprint density at radius 2 is 1.55 bits per heavy atom. The van der Waals surface area contributed by atoms with Gasteiger partial charge < -0.3 is 18.9 Å². The van der Waals surface area contributed by atoms with Crippen molar-refractivity contribution in [3.05, 3.63) is 34.1 Å². The summed E-state index contributed by atoms with van der Waals surface area (Å²) in [6.07, 6.45) is 0. The number of halogens is 2. The summed E-state index contributed by atoms with van der Waals surface area (Å²) >= 11 is 3.19. The molecule has 0 saturated heterocycles. The van der Waals surface area contributed by atoms with Gasteiger partial charge in [-0.3, -0.25) is 0 Å². The quantitative estimate of drug-likeness (QED) is 0.575. The standard InChI is InChI=1S/C14H20BrFO4/c1-17-5-6-18-7-8-19-9-10-20-11-12-3-2-4-13(16)14(12)15/h2-4H,5-11H2,1H3. The van der Waals surface area contributed by atoms with Crippen LogP contribution in [-0.2, 0) is 25.6 Å². The maximum atomic E-state index is 13.2. The van der Waals surface area contributed by atoms with Crippen LogP contribution in [-0.4, -0.2) is 46.8 Å². The van der Waals surface area contributed by atoms with Crippen molar-refractivity contribution in [3.63, 3.8) is 0 Å². The average Bonchev–Trinajstić information content (AvgIpc) is 2.45. The normalized spacial score (nSPS) is 10.9. The van der Waals surface area contributed by atoms with Crippen molar-refractivity contribution in [1.82, 2.24) is 0 Å². The number of ether oxygens (including phenoxy) is 4. The fourth-order valence-corrected chi connectivity index (χ4v) is 1.80. The predicted molar refractivity (Wildman–Crippen MR) is 77.3 cm³/mol. The third-order valence-electron chi connectivity index (χ3n) is 2.46. The van der Waals surface area contributed by atoms with E-state index in [1.165, 1.54) is 6.07 Å². The lowest BCUT2D eigenvalue weighted by Gasteiger charge is -2.08. The summed E-state index contributed by atoms with van der Waals surface area (Å²) in [4.78, 5) is 0. The second-order valence-electron chi connectivity index (χ2n) is 3.98. The van der Waals surface area contributed by atoms with Crippen LogP contribution in [0.5, 0.6) is 0 Å². The zero-order chi connectivity index (χ0) is 14.6. The first kappa shape index (κ1) is 17.5. The summed E-state index contributed by atoms with van der Waals surface area (Å²) in [5.74, 6) is -0.282. The van der Waals surface area contributed by atoms with E-state index in [0.717, 1.165) is 5.56 Å². The Bertz CT molecular complexity index is 376. The highest BCUT2D eigenvalue weighted by molar-refractivity contribution is 9.10. The highest BCUT2D eigenvalue weighted by Crippen LogP contribution is 2.20. The van der Waals surface area contributed by atoms with E-state index in [4.69, 9.17) is 18.9 Å². The minimum atomic E-state index is -0.282. The Hall–Kier alpha value is -0.530. The van der Waals surface area contributed by atoms with Crippen molar-refractivity contribution in [2.75, 3.05) is 46.8 Å². The Kier molecular flexibility index (Phi) is 9.78. The third kappa shape index (κ3) is 7.31. The lowest BCUT2D eigenvalue weighted by atomic mass is 10.2. The maximum absolute atomic E-state index is 13.2. The first-order valence-electron chi connectivity index (χ1n) is 6.40. The molecule has 0 aliphatic heterocycles. The molecule has 0 unspecified atom stereocenters. The van der Waals surface area contributed by atoms with E-state index < -0.39 is 0 Å². The molecule has 0 aliphatic rings. The SMILES string of the molecule is COCCOCCOCCOCc1cccc(F)c1Br. The van der Waals surface area contributed by atoms with Gasteiger partial charge in [0.1, 0.15) is 5.82 Å². The van der Waals surface area contributed by atoms with Crippen LogP contribution in [0.4, 0.5) is 4.39 Å². The Labute approximate surface area is 127 Å². The monoisotopic (exact) mass is 350 g/mol. The lowest BCUT2D eigenvalue weighted by Crippen LogP contribution is -2.11. The van der Waals surface area contributed by atoms with Gasteiger partial charge in [-0.1, -0.05) is 12.1 Å². The van der Waals surface area contributed by atoms with E-state index >= 15 is 0 Å². The second kappa shape index (κ2) is 11.2. The largest absolute Gasteiger partial charge is 0.382 e. The van der Waals surface area contributed by atoms with Gasteiger partial charge in [-0.2, -0.15) is 0 Å². The zero-order valence-corrected chi connectivity index (χ0v) is 13.2. The van der Waals surface area contributed by atoms with Crippen LogP contribution in [0.25, 0.3) is 0 Å². The van der Waals surface area contributed by atoms with Crippen LogP contribution in [0.15, 0.2) is 22.7 Å². The van der Waals surface area contributed by atoms with Gasteiger partial charge in [-0.25, -0.2) is 4.39 Å². The van der Waals surface area contributed by atoms with E-state index in [-0.39, 0.29) is 5.82 Å². The van der Waals surface area contributed by atoms with Crippen molar-refractivity contribution < 1.29 is 23.3 Å². The van der Waals surface area contributed by atoms with Crippen LogP contribution < -0.4 is 0 Å². The molecule has 20 heavy (non-hydrogen) atoms. The van der Waals surface area contributed by atoms with Gasteiger partial charge in [0.25, 0.3) is 0 Å². The molecule has 0 amide bonds. The molecule has 0 aromatic heterocycles. The van der Waals surface area contributed by atoms with Crippen LogP contribution >= 0.6 is 15.9 Å². The molecule has 0 saturated carbocycles. The average molecular weight is 351 g/mol. The van der Waals surface area contributed by atoms with Crippen LogP contribution in [0.1, 0.15) is 5.56 Å². The van der Waals surface area contributed by atoms with Gasteiger partial charge in [0, 0.05) is 7.11 Å². The van der Waals surface area contributed by atoms with Gasteiger partial charge in [0.05, 0.1) is 50.7 Å².